The number of aliphatic hydroxyl groups excluding tert-OH is 1. The van der Waals surface area contributed by atoms with Gasteiger partial charge in [-0.15, -0.1) is 0 Å². The molecule has 1 fully saturated rings. The van der Waals surface area contributed by atoms with Crippen molar-refractivity contribution in [2.45, 2.75) is 12.5 Å². The molecule has 58 valence electrons. The lowest BCUT2D eigenvalue weighted by molar-refractivity contribution is -0.148. The van der Waals surface area contributed by atoms with E-state index in [9.17, 15) is 4.79 Å². The molecule has 10 heavy (non-hydrogen) atoms. The maximum atomic E-state index is 10.3. The van der Waals surface area contributed by atoms with Gasteiger partial charge >= 0.3 is 5.97 Å². The molecule has 0 aromatic carbocycles. The van der Waals surface area contributed by atoms with Gasteiger partial charge in [0.25, 0.3) is 0 Å². The Bertz CT molecular complexity index is 148. The second kappa shape index (κ2) is 2.56. The summed E-state index contributed by atoms with van der Waals surface area (Å²) in [7, 11) is 0. The van der Waals surface area contributed by atoms with Gasteiger partial charge in [-0.3, -0.25) is 4.79 Å². The molecule has 0 bridgehead atoms. The molecule has 0 amide bonds. The third-order valence-electron chi connectivity index (χ3n) is 2.12. The summed E-state index contributed by atoms with van der Waals surface area (Å²) >= 11 is 0. The van der Waals surface area contributed by atoms with E-state index < -0.39 is 11.9 Å². The number of rotatable bonds is 2. The lowest BCUT2D eigenvalue weighted by atomic mass is 9.71. The van der Waals surface area contributed by atoms with Crippen LogP contribution in [0.5, 0.6) is 0 Å². The van der Waals surface area contributed by atoms with Gasteiger partial charge in [-0.1, -0.05) is 0 Å². The van der Waals surface area contributed by atoms with Crippen molar-refractivity contribution >= 4 is 5.97 Å². The molecule has 1 aliphatic carbocycles. The number of carboxylic acids is 1. The molecule has 0 unspecified atom stereocenters. The number of nitrogens with two attached hydrogens (primary N) is 1. The van der Waals surface area contributed by atoms with Crippen LogP contribution in [0, 0.1) is 11.8 Å². The Morgan fingerprint density at radius 1 is 1.70 bits per heavy atom. The van der Waals surface area contributed by atoms with Crippen LogP contribution in [-0.2, 0) is 4.79 Å². The Morgan fingerprint density at radius 2 is 2.30 bits per heavy atom. The summed E-state index contributed by atoms with van der Waals surface area (Å²) in [5.74, 6) is -1.28. The SMILES string of the molecule is N[C@@H]1[C@H](CO)C[C@@H]1C(=O)O. The minimum Gasteiger partial charge on any atom is -0.481 e. The van der Waals surface area contributed by atoms with Crippen LogP contribution >= 0.6 is 0 Å². The number of aliphatic hydroxyl groups is 1. The molecule has 1 rings (SSSR count). The van der Waals surface area contributed by atoms with Crippen LogP contribution in [0.15, 0.2) is 0 Å². The fraction of sp³-hybridized carbons (Fsp3) is 0.833. The van der Waals surface area contributed by atoms with E-state index in [1.165, 1.54) is 0 Å². The summed E-state index contributed by atoms with van der Waals surface area (Å²) in [6, 6.07) is -0.345. The van der Waals surface area contributed by atoms with E-state index in [2.05, 4.69) is 0 Å². The van der Waals surface area contributed by atoms with Crippen LogP contribution in [-0.4, -0.2) is 28.8 Å². The van der Waals surface area contributed by atoms with Gasteiger partial charge in [-0.05, 0) is 12.3 Å². The monoisotopic (exact) mass is 145 g/mol. The molecule has 0 aliphatic heterocycles. The van der Waals surface area contributed by atoms with E-state index in [1.54, 1.807) is 0 Å². The zero-order valence-corrected chi connectivity index (χ0v) is 5.53. The van der Waals surface area contributed by atoms with Gasteiger partial charge in [0, 0.05) is 12.6 Å². The van der Waals surface area contributed by atoms with E-state index in [1.807, 2.05) is 0 Å². The van der Waals surface area contributed by atoms with Gasteiger partial charge in [-0.25, -0.2) is 0 Å². The van der Waals surface area contributed by atoms with Gasteiger partial charge in [0.1, 0.15) is 0 Å². The third kappa shape index (κ3) is 0.998. The van der Waals surface area contributed by atoms with Gasteiger partial charge in [0.2, 0.25) is 0 Å². The quantitative estimate of drug-likeness (QED) is 0.466. The lowest BCUT2D eigenvalue weighted by Crippen LogP contribution is -2.53. The summed E-state index contributed by atoms with van der Waals surface area (Å²) in [5.41, 5.74) is 5.44. The largest absolute Gasteiger partial charge is 0.481 e. The smallest absolute Gasteiger partial charge is 0.308 e. The standard InChI is InChI=1S/C6H11NO3/c7-5-3(2-8)1-4(5)6(9)10/h3-5,8H,1-2,7H2,(H,9,10)/t3-,4-,5+/m0/s1. The predicted octanol–water partition coefficient (Wildman–Crippen LogP) is -0.973. The molecule has 0 saturated heterocycles. The van der Waals surface area contributed by atoms with Crippen molar-refractivity contribution in [1.82, 2.24) is 0 Å². The molecule has 4 heteroatoms. The van der Waals surface area contributed by atoms with Crippen LogP contribution in [0.3, 0.4) is 0 Å². The first kappa shape index (κ1) is 7.50. The zero-order chi connectivity index (χ0) is 7.72. The lowest BCUT2D eigenvalue weighted by Gasteiger charge is -2.38. The molecule has 0 spiro atoms. The summed E-state index contributed by atoms with van der Waals surface area (Å²) in [4.78, 5) is 10.3. The Labute approximate surface area is 58.6 Å². The number of carboxylic acid groups (broad SMARTS) is 1. The normalized spacial score (nSPS) is 38.8. The summed E-state index contributed by atoms with van der Waals surface area (Å²) in [6.07, 6.45) is 0.521. The van der Waals surface area contributed by atoms with Crippen molar-refractivity contribution in [2.75, 3.05) is 6.61 Å². The Balaban J connectivity index is 2.39. The fourth-order valence-electron chi connectivity index (χ4n) is 1.23. The van der Waals surface area contributed by atoms with Gasteiger partial charge in [-0.2, -0.15) is 0 Å². The van der Waals surface area contributed by atoms with Crippen LogP contribution < -0.4 is 5.73 Å². The number of aliphatic carboxylic acids is 1. The second-order valence-electron chi connectivity index (χ2n) is 2.70. The van der Waals surface area contributed by atoms with Gasteiger partial charge < -0.3 is 15.9 Å². The molecule has 0 radical (unpaired) electrons. The fourth-order valence-corrected chi connectivity index (χ4v) is 1.23. The van der Waals surface area contributed by atoms with Gasteiger partial charge in [0.05, 0.1) is 5.92 Å². The predicted molar refractivity (Wildman–Crippen MR) is 34.3 cm³/mol. The molecule has 4 N–H and O–H groups in total. The van der Waals surface area contributed by atoms with Crippen molar-refractivity contribution in [2.24, 2.45) is 17.6 Å². The highest BCUT2D eigenvalue weighted by atomic mass is 16.4. The van der Waals surface area contributed by atoms with Crippen LogP contribution in [0.4, 0.5) is 0 Å². The average molecular weight is 145 g/mol. The van der Waals surface area contributed by atoms with Gasteiger partial charge in [0.15, 0.2) is 0 Å². The first-order chi connectivity index (χ1) is 4.66. The van der Waals surface area contributed by atoms with Crippen LogP contribution in [0.1, 0.15) is 6.42 Å². The molecular formula is C6H11NO3. The molecule has 1 aliphatic rings. The Morgan fingerprint density at radius 3 is 2.60 bits per heavy atom. The van der Waals surface area contributed by atoms with E-state index in [4.69, 9.17) is 15.9 Å². The second-order valence-corrected chi connectivity index (χ2v) is 2.70. The van der Waals surface area contributed by atoms with Crippen molar-refractivity contribution in [3.8, 4) is 0 Å². The van der Waals surface area contributed by atoms with Crippen molar-refractivity contribution < 1.29 is 15.0 Å². The van der Waals surface area contributed by atoms with Crippen LogP contribution in [0.2, 0.25) is 0 Å². The summed E-state index contributed by atoms with van der Waals surface area (Å²) in [5, 5.41) is 17.0. The highest BCUT2D eigenvalue weighted by Crippen LogP contribution is 2.31. The van der Waals surface area contributed by atoms with Crippen molar-refractivity contribution in [3.63, 3.8) is 0 Å². The van der Waals surface area contributed by atoms with E-state index in [0.29, 0.717) is 6.42 Å². The Kier molecular flexibility index (Phi) is 1.92. The van der Waals surface area contributed by atoms with Crippen LogP contribution in [0.25, 0.3) is 0 Å². The first-order valence-corrected chi connectivity index (χ1v) is 3.26. The van der Waals surface area contributed by atoms with E-state index in [-0.39, 0.29) is 18.6 Å². The van der Waals surface area contributed by atoms with E-state index >= 15 is 0 Å². The highest BCUT2D eigenvalue weighted by molar-refractivity contribution is 5.72. The van der Waals surface area contributed by atoms with Crippen molar-refractivity contribution in [3.05, 3.63) is 0 Å². The molecule has 0 heterocycles. The Hall–Kier alpha value is -0.610. The minimum atomic E-state index is -0.850. The molecular weight excluding hydrogens is 134 g/mol. The molecule has 0 aromatic rings. The minimum absolute atomic E-state index is 0.00102. The van der Waals surface area contributed by atoms with Crippen molar-refractivity contribution in [1.29, 1.82) is 0 Å². The topological polar surface area (TPSA) is 83.5 Å². The zero-order valence-electron chi connectivity index (χ0n) is 5.53. The molecule has 4 nitrogen and oxygen atoms in total. The maximum Gasteiger partial charge on any atom is 0.308 e. The maximum absolute atomic E-state index is 10.3. The third-order valence-corrected chi connectivity index (χ3v) is 2.12. The number of carbonyl (C=O) groups is 1. The highest BCUT2D eigenvalue weighted by Gasteiger charge is 2.42. The number of hydrogen-bond acceptors (Lipinski definition) is 3. The summed E-state index contributed by atoms with van der Waals surface area (Å²) in [6.45, 7) is 0.00491. The average Bonchev–Trinajstić information content (AvgIpc) is 1.85. The molecule has 0 aromatic heterocycles. The number of hydrogen-bond donors (Lipinski definition) is 3. The molecule has 1 saturated carbocycles. The molecule has 3 atom stereocenters. The summed E-state index contributed by atoms with van der Waals surface area (Å²) < 4.78 is 0. The van der Waals surface area contributed by atoms with E-state index in [0.717, 1.165) is 0 Å². The first-order valence-electron chi connectivity index (χ1n) is 3.26.